The zero-order valence-corrected chi connectivity index (χ0v) is 9.34. The summed E-state index contributed by atoms with van der Waals surface area (Å²) in [7, 11) is 1.57. The van der Waals surface area contributed by atoms with E-state index < -0.39 is 17.1 Å². The van der Waals surface area contributed by atoms with E-state index in [4.69, 9.17) is 14.6 Å². The molecule has 18 heavy (non-hydrogen) atoms. The fourth-order valence-corrected chi connectivity index (χ4v) is 1.90. The molecule has 0 amide bonds. The Kier molecular flexibility index (Phi) is 2.03. The lowest BCUT2D eigenvalue weighted by Crippen LogP contribution is -2.21. The Hall–Kier alpha value is -2.57. The van der Waals surface area contributed by atoms with Crippen molar-refractivity contribution in [2.75, 3.05) is 6.79 Å². The zero-order chi connectivity index (χ0) is 12.9. The van der Waals surface area contributed by atoms with Gasteiger partial charge in [0.25, 0.3) is 0 Å². The SMILES string of the molecule is Cn1nc(C(=O)O)c(=O)c2cc3c(cc21)OCO3. The molecule has 7 heteroatoms. The van der Waals surface area contributed by atoms with Crippen LogP contribution in [0.25, 0.3) is 10.9 Å². The number of nitrogens with zero attached hydrogens (tertiary/aromatic N) is 2. The van der Waals surface area contributed by atoms with Gasteiger partial charge in [0.15, 0.2) is 11.5 Å². The lowest BCUT2D eigenvalue weighted by molar-refractivity contribution is 0.0687. The molecule has 3 rings (SSSR count). The van der Waals surface area contributed by atoms with Crippen molar-refractivity contribution in [1.82, 2.24) is 9.78 Å². The summed E-state index contributed by atoms with van der Waals surface area (Å²) >= 11 is 0. The first-order valence-corrected chi connectivity index (χ1v) is 5.12. The van der Waals surface area contributed by atoms with Gasteiger partial charge in [-0.05, 0) is 6.07 Å². The molecule has 92 valence electrons. The molecule has 0 fully saturated rings. The third-order valence-corrected chi connectivity index (χ3v) is 2.75. The number of carboxylic acids is 1. The van der Waals surface area contributed by atoms with Crippen LogP contribution in [0.2, 0.25) is 0 Å². The van der Waals surface area contributed by atoms with Crippen LogP contribution in [0.1, 0.15) is 10.5 Å². The van der Waals surface area contributed by atoms with Crippen LogP contribution >= 0.6 is 0 Å². The summed E-state index contributed by atoms with van der Waals surface area (Å²) in [6.07, 6.45) is 0. The smallest absolute Gasteiger partial charge is 0.360 e. The highest BCUT2D eigenvalue weighted by Crippen LogP contribution is 2.34. The number of aryl methyl sites for hydroxylation is 1. The van der Waals surface area contributed by atoms with Crippen LogP contribution in [0.15, 0.2) is 16.9 Å². The van der Waals surface area contributed by atoms with E-state index in [0.29, 0.717) is 17.0 Å². The second-order valence-corrected chi connectivity index (χ2v) is 3.83. The van der Waals surface area contributed by atoms with Crippen LogP contribution < -0.4 is 14.9 Å². The van der Waals surface area contributed by atoms with Crippen LogP contribution in [0, 0.1) is 0 Å². The van der Waals surface area contributed by atoms with Gasteiger partial charge < -0.3 is 14.6 Å². The van der Waals surface area contributed by atoms with Crippen molar-refractivity contribution in [3.05, 3.63) is 28.0 Å². The molecule has 0 aliphatic carbocycles. The minimum atomic E-state index is -1.35. The van der Waals surface area contributed by atoms with E-state index in [1.807, 2.05) is 0 Å². The molecule has 1 aromatic heterocycles. The number of aromatic carboxylic acids is 1. The van der Waals surface area contributed by atoms with Crippen LogP contribution in [0.4, 0.5) is 0 Å². The number of aromatic nitrogens is 2. The average molecular weight is 248 g/mol. The molecule has 0 bridgehead atoms. The minimum absolute atomic E-state index is 0.0861. The van der Waals surface area contributed by atoms with Crippen molar-refractivity contribution in [3.8, 4) is 11.5 Å². The fourth-order valence-electron chi connectivity index (χ4n) is 1.90. The Morgan fingerprint density at radius 3 is 2.72 bits per heavy atom. The molecule has 1 aliphatic heterocycles. The standard InChI is InChI=1S/C11H8N2O5/c1-13-6-3-8-7(17-4-18-8)2-5(6)10(14)9(12-13)11(15)16/h2-3H,4H2,1H3,(H,15,16). The number of benzene rings is 1. The largest absolute Gasteiger partial charge is 0.476 e. The van der Waals surface area contributed by atoms with Crippen LogP contribution in [0.3, 0.4) is 0 Å². The van der Waals surface area contributed by atoms with Gasteiger partial charge in [0.2, 0.25) is 17.9 Å². The average Bonchev–Trinajstić information content (AvgIpc) is 2.78. The quantitative estimate of drug-likeness (QED) is 0.783. The van der Waals surface area contributed by atoms with Gasteiger partial charge in [0, 0.05) is 13.1 Å². The summed E-state index contributed by atoms with van der Waals surface area (Å²) in [4.78, 5) is 22.9. The molecule has 1 aliphatic rings. The van der Waals surface area contributed by atoms with E-state index in [2.05, 4.69) is 5.10 Å². The highest BCUT2D eigenvalue weighted by molar-refractivity contribution is 5.91. The maximum Gasteiger partial charge on any atom is 0.360 e. The predicted octanol–water partition coefficient (Wildman–Crippen LogP) is 0.360. The number of rotatable bonds is 1. The van der Waals surface area contributed by atoms with Gasteiger partial charge in [0.05, 0.1) is 10.9 Å². The number of hydrogen-bond donors (Lipinski definition) is 1. The van der Waals surface area contributed by atoms with Gasteiger partial charge in [-0.2, -0.15) is 5.10 Å². The Morgan fingerprint density at radius 1 is 1.39 bits per heavy atom. The molecule has 0 radical (unpaired) electrons. The molecule has 2 heterocycles. The van der Waals surface area contributed by atoms with Crippen molar-refractivity contribution in [3.63, 3.8) is 0 Å². The maximum absolute atomic E-state index is 12.0. The third kappa shape index (κ3) is 1.33. The first kappa shape index (κ1) is 10.6. The Morgan fingerprint density at radius 2 is 2.06 bits per heavy atom. The monoisotopic (exact) mass is 248 g/mol. The van der Waals surface area contributed by atoms with E-state index in [0.717, 1.165) is 0 Å². The highest BCUT2D eigenvalue weighted by atomic mass is 16.7. The summed E-state index contributed by atoms with van der Waals surface area (Å²) in [5, 5.41) is 12.9. The second-order valence-electron chi connectivity index (χ2n) is 3.83. The maximum atomic E-state index is 12.0. The molecule has 0 unspecified atom stereocenters. The summed E-state index contributed by atoms with van der Waals surface area (Å²) in [5.74, 6) is -0.403. The van der Waals surface area contributed by atoms with E-state index in [9.17, 15) is 9.59 Å². The van der Waals surface area contributed by atoms with Gasteiger partial charge in [0.1, 0.15) is 0 Å². The second kappa shape index (κ2) is 3.46. The minimum Gasteiger partial charge on any atom is -0.476 e. The van der Waals surface area contributed by atoms with Gasteiger partial charge >= 0.3 is 5.97 Å². The topological polar surface area (TPSA) is 90.7 Å². The number of carboxylic acid groups (broad SMARTS) is 1. The lowest BCUT2D eigenvalue weighted by Gasteiger charge is -2.06. The number of hydrogen-bond acceptors (Lipinski definition) is 5. The Labute approximate surface area is 100 Å². The van der Waals surface area contributed by atoms with Crippen LogP contribution in [-0.4, -0.2) is 27.6 Å². The number of ether oxygens (including phenoxy) is 2. The fraction of sp³-hybridized carbons (Fsp3) is 0.182. The first-order valence-electron chi connectivity index (χ1n) is 5.12. The zero-order valence-electron chi connectivity index (χ0n) is 9.34. The molecular weight excluding hydrogens is 240 g/mol. The predicted molar refractivity (Wildman–Crippen MR) is 60.1 cm³/mol. The van der Waals surface area contributed by atoms with E-state index >= 15 is 0 Å². The third-order valence-electron chi connectivity index (χ3n) is 2.75. The van der Waals surface area contributed by atoms with Crippen molar-refractivity contribution in [2.45, 2.75) is 0 Å². The molecule has 1 N–H and O–H groups in total. The van der Waals surface area contributed by atoms with Crippen molar-refractivity contribution in [1.29, 1.82) is 0 Å². The number of fused-ring (bicyclic) bond motifs is 2. The van der Waals surface area contributed by atoms with Gasteiger partial charge in [-0.3, -0.25) is 9.48 Å². The van der Waals surface area contributed by atoms with Crippen molar-refractivity contribution < 1.29 is 19.4 Å². The molecule has 0 atom stereocenters. The highest BCUT2D eigenvalue weighted by Gasteiger charge is 2.20. The normalized spacial score (nSPS) is 12.9. The molecular formula is C11H8N2O5. The Bertz CT molecular complexity index is 734. The van der Waals surface area contributed by atoms with Crippen molar-refractivity contribution in [2.24, 2.45) is 7.05 Å². The number of carbonyl (C=O) groups is 1. The molecule has 0 saturated heterocycles. The van der Waals surface area contributed by atoms with Gasteiger partial charge in [-0.1, -0.05) is 0 Å². The lowest BCUT2D eigenvalue weighted by atomic mass is 10.1. The van der Waals surface area contributed by atoms with Crippen molar-refractivity contribution >= 4 is 16.9 Å². The van der Waals surface area contributed by atoms with E-state index in [1.165, 1.54) is 10.7 Å². The first-order chi connectivity index (χ1) is 8.58. The molecule has 7 nitrogen and oxygen atoms in total. The summed E-state index contributed by atoms with van der Waals surface area (Å²) in [6, 6.07) is 3.09. The van der Waals surface area contributed by atoms with Gasteiger partial charge in [-0.15, -0.1) is 0 Å². The van der Waals surface area contributed by atoms with E-state index in [-0.39, 0.29) is 12.2 Å². The molecule has 1 aromatic carbocycles. The summed E-state index contributed by atoms with van der Waals surface area (Å²) < 4.78 is 11.7. The van der Waals surface area contributed by atoms with Crippen LogP contribution in [0.5, 0.6) is 11.5 Å². The molecule has 0 saturated carbocycles. The Balaban J connectivity index is 2.43. The van der Waals surface area contributed by atoms with E-state index in [1.54, 1.807) is 13.1 Å². The van der Waals surface area contributed by atoms with Crippen LogP contribution in [-0.2, 0) is 7.05 Å². The molecule has 2 aromatic rings. The van der Waals surface area contributed by atoms with Gasteiger partial charge in [-0.25, -0.2) is 4.79 Å². The summed E-state index contributed by atoms with van der Waals surface area (Å²) in [6.45, 7) is 0.0861. The molecule has 0 spiro atoms. The summed E-state index contributed by atoms with van der Waals surface area (Å²) in [5.41, 5.74) is -0.646.